The predicted octanol–water partition coefficient (Wildman–Crippen LogP) is 7.84. The van der Waals surface area contributed by atoms with Crippen molar-refractivity contribution in [3.63, 3.8) is 0 Å². The number of carbonyl (C=O) groups excluding carboxylic acids is 4. The van der Waals surface area contributed by atoms with Gasteiger partial charge in [-0.05, 0) is 84.9 Å². The molecule has 13 heteroatoms. The van der Waals surface area contributed by atoms with Crippen LogP contribution in [0.15, 0.2) is 154 Å². The largest absolute Gasteiger partial charge is 0.321 e. The third-order valence-electron chi connectivity index (χ3n) is 7.60. The Kier molecular flexibility index (Phi) is 10.5. The van der Waals surface area contributed by atoms with Crippen LogP contribution in [-0.4, -0.2) is 33.8 Å². The van der Waals surface area contributed by atoms with E-state index in [0.717, 1.165) is 0 Å². The molecule has 4 amide bonds. The molecule has 6 rings (SSSR count). The summed E-state index contributed by atoms with van der Waals surface area (Å²) in [6.45, 7) is 0. The lowest BCUT2D eigenvalue weighted by atomic mass is 10.1. The molecule has 0 spiro atoms. The van der Waals surface area contributed by atoms with E-state index in [1.807, 2.05) is 30.3 Å². The van der Waals surface area contributed by atoms with Crippen molar-refractivity contribution in [3.05, 3.63) is 160 Å². The van der Waals surface area contributed by atoms with Gasteiger partial charge in [0.05, 0.1) is 32.8 Å². The van der Waals surface area contributed by atoms with Crippen molar-refractivity contribution < 1.29 is 24.1 Å². The topological polar surface area (TPSA) is 163 Å². The number of nitro benzene ring substituents is 1. The molecule has 5 aromatic carbocycles. The van der Waals surface area contributed by atoms with E-state index in [0.29, 0.717) is 33.2 Å². The molecule has 12 nitrogen and oxygen atoms in total. The van der Waals surface area contributed by atoms with Crippen LogP contribution >= 0.6 is 11.8 Å². The van der Waals surface area contributed by atoms with Gasteiger partial charge in [-0.25, -0.2) is 4.90 Å². The Labute approximate surface area is 296 Å². The van der Waals surface area contributed by atoms with E-state index in [1.165, 1.54) is 40.9 Å². The lowest BCUT2D eigenvalue weighted by molar-refractivity contribution is -0.385. The summed E-state index contributed by atoms with van der Waals surface area (Å²) in [5.41, 5.74) is 2.05. The van der Waals surface area contributed by atoms with Crippen LogP contribution in [0, 0.1) is 10.1 Å². The normalized spacial score (nSPS) is 14.5. The first-order chi connectivity index (χ1) is 24.7. The summed E-state index contributed by atoms with van der Waals surface area (Å²) < 4.78 is 0. The van der Waals surface area contributed by atoms with Crippen molar-refractivity contribution in [2.45, 2.75) is 16.6 Å². The van der Waals surface area contributed by atoms with Crippen molar-refractivity contribution in [2.24, 2.45) is 10.2 Å². The number of amides is 4. The fourth-order valence-corrected chi connectivity index (χ4v) is 6.15. The standard InChI is InChI=1S/C38H28N6O6S/c45-35-24-34(38(48)43(35)30-19-15-29(16-20-30)42-41-28-12-5-2-6-13-28)51-31-21-17-27(18-22-31)39-37(47)32(40-36(46)25-9-3-1-4-10-25)23-26-11-7-8-14-33(26)44(49)50/h1-23,34H,24H2,(H,39,47)(H,40,46). The Morgan fingerprint density at radius 3 is 2.06 bits per heavy atom. The minimum absolute atomic E-state index is 0.0122. The molecule has 0 aromatic heterocycles. The van der Waals surface area contributed by atoms with Crippen LogP contribution in [0.5, 0.6) is 0 Å². The number of azo groups is 1. The Bertz CT molecular complexity index is 2160. The van der Waals surface area contributed by atoms with Gasteiger partial charge in [-0.1, -0.05) is 48.5 Å². The molecule has 1 aliphatic rings. The second-order valence-electron chi connectivity index (χ2n) is 11.1. The van der Waals surface area contributed by atoms with Crippen molar-refractivity contribution in [2.75, 3.05) is 10.2 Å². The van der Waals surface area contributed by atoms with Gasteiger partial charge in [-0.2, -0.15) is 10.2 Å². The quantitative estimate of drug-likeness (QED) is 0.0467. The number of para-hydroxylation sites is 1. The Morgan fingerprint density at radius 1 is 0.784 bits per heavy atom. The molecule has 0 bridgehead atoms. The zero-order valence-electron chi connectivity index (χ0n) is 26.7. The van der Waals surface area contributed by atoms with Crippen LogP contribution in [0.1, 0.15) is 22.3 Å². The summed E-state index contributed by atoms with van der Waals surface area (Å²) in [5.74, 6) is -1.95. The van der Waals surface area contributed by atoms with Crippen molar-refractivity contribution in [1.29, 1.82) is 0 Å². The maximum Gasteiger partial charge on any atom is 0.276 e. The molecule has 1 saturated heterocycles. The van der Waals surface area contributed by atoms with Crippen molar-refractivity contribution >= 4 is 69.9 Å². The van der Waals surface area contributed by atoms with Gasteiger partial charge < -0.3 is 10.6 Å². The number of imide groups is 1. The van der Waals surface area contributed by atoms with E-state index in [-0.39, 0.29) is 35.2 Å². The molecule has 1 aliphatic heterocycles. The first-order valence-corrected chi connectivity index (χ1v) is 16.5. The number of nitro groups is 1. The molecule has 0 radical (unpaired) electrons. The number of thioether (sulfide) groups is 1. The number of hydrogen-bond acceptors (Lipinski definition) is 9. The van der Waals surface area contributed by atoms with Gasteiger partial charge in [0.25, 0.3) is 17.5 Å². The molecule has 0 aliphatic carbocycles. The second-order valence-corrected chi connectivity index (χ2v) is 12.4. The first-order valence-electron chi connectivity index (χ1n) is 15.6. The number of nitrogens with zero attached hydrogens (tertiary/aromatic N) is 4. The second kappa shape index (κ2) is 15.7. The van der Waals surface area contributed by atoms with Crippen LogP contribution in [0.2, 0.25) is 0 Å². The lowest BCUT2D eigenvalue weighted by Gasteiger charge is -2.15. The average Bonchev–Trinajstić information content (AvgIpc) is 3.43. The Morgan fingerprint density at radius 2 is 1.39 bits per heavy atom. The number of rotatable bonds is 11. The maximum atomic E-state index is 13.4. The van der Waals surface area contributed by atoms with E-state index in [9.17, 15) is 29.3 Å². The highest BCUT2D eigenvalue weighted by Crippen LogP contribution is 2.35. The molecule has 1 fully saturated rings. The molecule has 252 valence electrons. The monoisotopic (exact) mass is 696 g/mol. The highest BCUT2D eigenvalue weighted by atomic mass is 32.2. The maximum absolute atomic E-state index is 13.4. The number of carbonyl (C=O) groups is 4. The zero-order chi connectivity index (χ0) is 35.7. The van der Waals surface area contributed by atoms with Crippen LogP contribution < -0.4 is 15.5 Å². The fraction of sp³-hybridized carbons (Fsp3) is 0.0526. The summed E-state index contributed by atoms with van der Waals surface area (Å²) in [6.07, 6.45) is 1.26. The molecule has 2 N–H and O–H groups in total. The molecule has 1 atom stereocenters. The van der Waals surface area contributed by atoms with Crippen LogP contribution in [0.25, 0.3) is 6.08 Å². The highest BCUT2D eigenvalue weighted by molar-refractivity contribution is 8.00. The molecular weight excluding hydrogens is 669 g/mol. The van der Waals surface area contributed by atoms with E-state index >= 15 is 0 Å². The van der Waals surface area contributed by atoms with Gasteiger partial charge >= 0.3 is 0 Å². The molecule has 1 heterocycles. The van der Waals surface area contributed by atoms with Crippen LogP contribution in [-0.2, 0) is 14.4 Å². The van der Waals surface area contributed by atoms with Gasteiger partial charge in [0.1, 0.15) is 5.70 Å². The average molecular weight is 697 g/mol. The Balaban J connectivity index is 1.12. The van der Waals surface area contributed by atoms with E-state index in [1.54, 1.807) is 84.9 Å². The lowest BCUT2D eigenvalue weighted by Crippen LogP contribution is -2.31. The zero-order valence-corrected chi connectivity index (χ0v) is 27.5. The SMILES string of the molecule is O=C(Nc1ccc(SC2CC(=O)N(c3ccc(N=Nc4ccccc4)cc3)C2=O)cc1)C(=Cc1ccccc1[N+](=O)[O-])NC(=O)c1ccccc1. The van der Waals surface area contributed by atoms with Crippen molar-refractivity contribution in [1.82, 2.24) is 5.32 Å². The molecule has 51 heavy (non-hydrogen) atoms. The number of anilines is 2. The van der Waals surface area contributed by atoms with Gasteiger partial charge in [0.2, 0.25) is 11.8 Å². The first kappa shape index (κ1) is 34.1. The highest BCUT2D eigenvalue weighted by Gasteiger charge is 2.40. The third-order valence-corrected chi connectivity index (χ3v) is 8.80. The van der Waals surface area contributed by atoms with Gasteiger partial charge in [-0.15, -0.1) is 11.8 Å². The van der Waals surface area contributed by atoms with Crippen molar-refractivity contribution in [3.8, 4) is 0 Å². The summed E-state index contributed by atoms with van der Waals surface area (Å²) >= 11 is 1.23. The Hall–Kier alpha value is -6.73. The predicted molar refractivity (Wildman–Crippen MR) is 194 cm³/mol. The summed E-state index contributed by atoms with van der Waals surface area (Å²) in [7, 11) is 0. The van der Waals surface area contributed by atoms with E-state index in [4.69, 9.17) is 0 Å². The molecule has 0 saturated carbocycles. The van der Waals surface area contributed by atoms with E-state index in [2.05, 4.69) is 20.9 Å². The van der Waals surface area contributed by atoms with E-state index < -0.39 is 22.0 Å². The number of benzene rings is 5. The fourth-order valence-electron chi connectivity index (χ4n) is 5.10. The van der Waals surface area contributed by atoms with Crippen LogP contribution in [0.3, 0.4) is 0 Å². The smallest absolute Gasteiger partial charge is 0.276 e. The molecular formula is C38H28N6O6S. The van der Waals surface area contributed by atoms with Gasteiger partial charge in [0, 0.05) is 28.6 Å². The number of nitrogens with one attached hydrogen (secondary N) is 2. The third kappa shape index (κ3) is 8.47. The summed E-state index contributed by atoms with van der Waals surface area (Å²) in [4.78, 5) is 65.5. The molecule has 5 aromatic rings. The minimum atomic E-state index is -0.711. The summed E-state index contributed by atoms with van der Waals surface area (Å²) in [5, 5.41) is 24.6. The summed E-state index contributed by atoms with van der Waals surface area (Å²) in [6, 6.07) is 36.6. The van der Waals surface area contributed by atoms with Gasteiger partial charge in [0.15, 0.2) is 0 Å². The van der Waals surface area contributed by atoms with Crippen LogP contribution in [0.4, 0.5) is 28.4 Å². The minimum Gasteiger partial charge on any atom is -0.321 e. The molecule has 1 unspecified atom stereocenters. The number of hydrogen-bond donors (Lipinski definition) is 2. The van der Waals surface area contributed by atoms with Gasteiger partial charge in [-0.3, -0.25) is 29.3 Å².